The molecule has 0 heterocycles. The summed E-state index contributed by atoms with van der Waals surface area (Å²) in [5, 5.41) is 3.72. The van der Waals surface area contributed by atoms with Gasteiger partial charge in [-0.25, -0.2) is 0 Å². The Bertz CT molecular complexity index is 353. The van der Waals surface area contributed by atoms with Crippen molar-refractivity contribution in [1.29, 1.82) is 0 Å². The zero-order valence-electron chi connectivity index (χ0n) is 11.9. The first-order chi connectivity index (χ1) is 8.64. The molecular weight excluding hydrogens is 220 g/mol. The molecule has 1 N–H and O–H groups in total. The molecule has 0 spiro atoms. The SMILES string of the molecule is CC(NCC1(N(C)C)CCCC1)c1ccccc1. The molecule has 2 rings (SSSR count). The first kappa shape index (κ1) is 13.6. The van der Waals surface area contributed by atoms with Gasteiger partial charge in [-0.05, 0) is 39.4 Å². The van der Waals surface area contributed by atoms with Crippen LogP contribution in [-0.2, 0) is 0 Å². The maximum absolute atomic E-state index is 3.72. The van der Waals surface area contributed by atoms with Crippen LogP contribution in [0.4, 0.5) is 0 Å². The summed E-state index contributed by atoms with van der Waals surface area (Å²) in [5.41, 5.74) is 1.76. The molecule has 0 saturated heterocycles. The minimum atomic E-state index is 0.378. The van der Waals surface area contributed by atoms with Gasteiger partial charge in [0.2, 0.25) is 0 Å². The number of benzene rings is 1. The monoisotopic (exact) mass is 246 g/mol. The van der Waals surface area contributed by atoms with Crippen LogP contribution >= 0.6 is 0 Å². The summed E-state index contributed by atoms with van der Waals surface area (Å²) in [5.74, 6) is 0. The molecule has 2 nitrogen and oxygen atoms in total. The van der Waals surface area contributed by atoms with Gasteiger partial charge in [0.15, 0.2) is 0 Å². The third-order valence-corrected chi connectivity index (χ3v) is 4.52. The van der Waals surface area contributed by atoms with E-state index in [4.69, 9.17) is 0 Å². The summed E-state index contributed by atoms with van der Waals surface area (Å²) in [7, 11) is 4.44. The lowest BCUT2D eigenvalue weighted by molar-refractivity contribution is 0.150. The Hall–Kier alpha value is -0.860. The molecule has 2 heteroatoms. The Balaban J connectivity index is 1.94. The van der Waals surface area contributed by atoms with Crippen molar-refractivity contribution in [2.24, 2.45) is 0 Å². The Morgan fingerprint density at radius 2 is 1.78 bits per heavy atom. The summed E-state index contributed by atoms with van der Waals surface area (Å²) in [6.07, 6.45) is 5.40. The predicted octanol–water partition coefficient (Wildman–Crippen LogP) is 3.21. The van der Waals surface area contributed by atoms with E-state index in [9.17, 15) is 0 Å². The summed E-state index contributed by atoms with van der Waals surface area (Å²) >= 11 is 0. The van der Waals surface area contributed by atoms with E-state index < -0.39 is 0 Å². The van der Waals surface area contributed by atoms with Crippen molar-refractivity contribution in [1.82, 2.24) is 10.2 Å². The molecule has 1 aliphatic rings. The lowest BCUT2D eigenvalue weighted by Crippen LogP contribution is -2.50. The molecule has 1 saturated carbocycles. The fourth-order valence-corrected chi connectivity index (χ4v) is 3.02. The molecule has 1 aromatic carbocycles. The Kier molecular flexibility index (Phi) is 4.41. The van der Waals surface area contributed by atoms with Gasteiger partial charge >= 0.3 is 0 Å². The second-order valence-corrected chi connectivity index (χ2v) is 5.84. The minimum absolute atomic E-state index is 0.378. The van der Waals surface area contributed by atoms with Gasteiger partial charge in [0.25, 0.3) is 0 Å². The summed E-state index contributed by atoms with van der Waals surface area (Å²) < 4.78 is 0. The highest BCUT2D eigenvalue weighted by atomic mass is 15.2. The zero-order chi connectivity index (χ0) is 13.0. The Morgan fingerprint density at radius 3 is 2.33 bits per heavy atom. The second kappa shape index (κ2) is 5.85. The van der Waals surface area contributed by atoms with Crippen LogP contribution in [0.5, 0.6) is 0 Å². The van der Waals surface area contributed by atoms with E-state index in [0.717, 1.165) is 6.54 Å². The summed E-state index contributed by atoms with van der Waals surface area (Å²) in [6, 6.07) is 11.1. The number of rotatable bonds is 5. The van der Waals surface area contributed by atoms with Crippen molar-refractivity contribution in [3.63, 3.8) is 0 Å². The topological polar surface area (TPSA) is 15.3 Å². The summed E-state index contributed by atoms with van der Waals surface area (Å²) in [4.78, 5) is 2.42. The molecule has 100 valence electrons. The van der Waals surface area contributed by atoms with Gasteiger partial charge in [0, 0.05) is 18.1 Å². The van der Waals surface area contributed by atoms with Gasteiger partial charge in [0.05, 0.1) is 0 Å². The largest absolute Gasteiger partial charge is 0.308 e. The highest BCUT2D eigenvalue weighted by Gasteiger charge is 2.35. The highest BCUT2D eigenvalue weighted by molar-refractivity contribution is 5.18. The molecular formula is C16H26N2. The molecule has 0 radical (unpaired) electrons. The number of nitrogens with one attached hydrogen (secondary N) is 1. The average Bonchev–Trinajstić information content (AvgIpc) is 2.87. The molecule has 1 fully saturated rings. The van der Waals surface area contributed by atoms with E-state index in [0.29, 0.717) is 11.6 Å². The van der Waals surface area contributed by atoms with E-state index in [2.05, 4.69) is 61.6 Å². The third-order valence-electron chi connectivity index (χ3n) is 4.52. The Morgan fingerprint density at radius 1 is 1.17 bits per heavy atom. The fourth-order valence-electron chi connectivity index (χ4n) is 3.02. The van der Waals surface area contributed by atoms with Crippen LogP contribution in [-0.4, -0.2) is 31.1 Å². The first-order valence-corrected chi connectivity index (χ1v) is 7.10. The maximum atomic E-state index is 3.72. The minimum Gasteiger partial charge on any atom is -0.308 e. The molecule has 0 aliphatic heterocycles. The van der Waals surface area contributed by atoms with E-state index in [-0.39, 0.29) is 0 Å². The smallest absolute Gasteiger partial charge is 0.0328 e. The molecule has 1 unspecified atom stereocenters. The van der Waals surface area contributed by atoms with Gasteiger partial charge in [-0.1, -0.05) is 43.2 Å². The average molecular weight is 246 g/mol. The van der Waals surface area contributed by atoms with Gasteiger partial charge in [-0.3, -0.25) is 0 Å². The quantitative estimate of drug-likeness (QED) is 0.858. The van der Waals surface area contributed by atoms with Crippen LogP contribution in [0.15, 0.2) is 30.3 Å². The standard InChI is InChI=1S/C16H26N2/c1-14(15-9-5-4-6-10-15)17-13-16(18(2)3)11-7-8-12-16/h4-6,9-10,14,17H,7-8,11-13H2,1-3H3. The highest BCUT2D eigenvalue weighted by Crippen LogP contribution is 2.33. The van der Waals surface area contributed by atoms with Crippen molar-refractivity contribution in [2.75, 3.05) is 20.6 Å². The van der Waals surface area contributed by atoms with Gasteiger partial charge < -0.3 is 10.2 Å². The second-order valence-electron chi connectivity index (χ2n) is 5.84. The number of hydrogen-bond donors (Lipinski definition) is 1. The molecule has 0 bridgehead atoms. The fraction of sp³-hybridized carbons (Fsp3) is 0.625. The summed E-state index contributed by atoms with van der Waals surface area (Å²) in [6.45, 7) is 3.35. The molecule has 1 atom stereocenters. The van der Waals surface area contributed by atoms with Crippen molar-refractivity contribution in [3.8, 4) is 0 Å². The van der Waals surface area contributed by atoms with Crippen LogP contribution in [0.2, 0.25) is 0 Å². The number of likely N-dealkylation sites (N-methyl/N-ethyl adjacent to an activating group) is 1. The maximum Gasteiger partial charge on any atom is 0.0328 e. The third kappa shape index (κ3) is 2.93. The molecule has 18 heavy (non-hydrogen) atoms. The first-order valence-electron chi connectivity index (χ1n) is 7.10. The number of hydrogen-bond acceptors (Lipinski definition) is 2. The lowest BCUT2D eigenvalue weighted by atomic mass is 9.95. The number of nitrogens with zero attached hydrogens (tertiary/aromatic N) is 1. The van der Waals surface area contributed by atoms with Crippen molar-refractivity contribution in [3.05, 3.63) is 35.9 Å². The van der Waals surface area contributed by atoms with E-state index in [1.807, 2.05) is 0 Å². The van der Waals surface area contributed by atoms with Gasteiger partial charge in [-0.15, -0.1) is 0 Å². The van der Waals surface area contributed by atoms with Crippen LogP contribution in [0, 0.1) is 0 Å². The normalized spacial score (nSPS) is 20.2. The lowest BCUT2D eigenvalue weighted by Gasteiger charge is -2.37. The van der Waals surface area contributed by atoms with Crippen molar-refractivity contribution in [2.45, 2.75) is 44.2 Å². The molecule has 0 aromatic heterocycles. The van der Waals surface area contributed by atoms with Crippen molar-refractivity contribution < 1.29 is 0 Å². The zero-order valence-corrected chi connectivity index (χ0v) is 11.9. The van der Waals surface area contributed by atoms with Gasteiger partial charge in [0.1, 0.15) is 0 Å². The van der Waals surface area contributed by atoms with Crippen LogP contribution < -0.4 is 5.32 Å². The van der Waals surface area contributed by atoms with Crippen LogP contribution in [0.25, 0.3) is 0 Å². The van der Waals surface area contributed by atoms with E-state index in [1.165, 1.54) is 31.2 Å². The molecule has 0 amide bonds. The van der Waals surface area contributed by atoms with E-state index >= 15 is 0 Å². The predicted molar refractivity (Wildman–Crippen MR) is 77.7 cm³/mol. The molecule has 1 aromatic rings. The van der Waals surface area contributed by atoms with Crippen LogP contribution in [0.3, 0.4) is 0 Å². The van der Waals surface area contributed by atoms with Crippen molar-refractivity contribution >= 4 is 0 Å². The molecule has 1 aliphatic carbocycles. The Labute approximate surface area is 111 Å². The van der Waals surface area contributed by atoms with Crippen LogP contribution in [0.1, 0.15) is 44.2 Å². The van der Waals surface area contributed by atoms with Gasteiger partial charge in [-0.2, -0.15) is 0 Å². The van der Waals surface area contributed by atoms with E-state index in [1.54, 1.807) is 0 Å².